The van der Waals surface area contributed by atoms with Gasteiger partial charge in [0.2, 0.25) is 5.91 Å². The van der Waals surface area contributed by atoms with Crippen LogP contribution in [0.1, 0.15) is 51.1 Å². The molecule has 5 heteroatoms. The van der Waals surface area contributed by atoms with E-state index in [9.17, 15) is 9.90 Å². The fourth-order valence-electron chi connectivity index (χ4n) is 2.52. The summed E-state index contributed by atoms with van der Waals surface area (Å²) in [5.41, 5.74) is 1.51. The summed E-state index contributed by atoms with van der Waals surface area (Å²) in [6.45, 7) is 12.1. The van der Waals surface area contributed by atoms with Gasteiger partial charge in [-0.15, -0.1) is 0 Å². The maximum Gasteiger partial charge on any atom is 0.220 e. The fraction of sp³-hybridized carbons (Fsp3) is 0.750. The second-order valence-corrected chi connectivity index (χ2v) is 6.76. The first kappa shape index (κ1) is 17.7. The number of nitrogens with zero attached hydrogens (tertiary/aromatic N) is 1. The van der Waals surface area contributed by atoms with E-state index in [1.165, 1.54) is 0 Å². The average Bonchev–Trinajstić information content (AvgIpc) is 2.72. The lowest BCUT2D eigenvalue weighted by Crippen LogP contribution is -2.43. The lowest BCUT2D eigenvalue weighted by Gasteiger charge is -2.33. The number of hydrogen-bond acceptors (Lipinski definition) is 4. The van der Waals surface area contributed by atoms with Crippen molar-refractivity contribution in [2.75, 3.05) is 6.54 Å². The minimum atomic E-state index is -0.444. The summed E-state index contributed by atoms with van der Waals surface area (Å²) < 4.78 is 5.08. The summed E-state index contributed by atoms with van der Waals surface area (Å²) in [6.07, 6.45) is 0.581. The van der Waals surface area contributed by atoms with Crippen molar-refractivity contribution in [1.82, 2.24) is 10.5 Å². The molecule has 1 unspecified atom stereocenters. The Hall–Kier alpha value is -1.36. The van der Waals surface area contributed by atoms with Crippen molar-refractivity contribution in [2.24, 2.45) is 11.3 Å². The van der Waals surface area contributed by atoms with Crippen LogP contribution in [-0.4, -0.2) is 28.8 Å². The molecule has 0 aromatic carbocycles. The van der Waals surface area contributed by atoms with E-state index < -0.39 is 6.10 Å². The Morgan fingerprint density at radius 3 is 2.48 bits per heavy atom. The van der Waals surface area contributed by atoms with Crippen LogP contribution in [0.4, 0.5) is 0 Å². The summed E-state index contributed by atoms with van der Waals surface area (Å²) >= 11 is 0. The topological polar surface area (TPSA) is 75.4 Å². The van der Waals surface area contributed by atoms with Crippen molar-refractivity contribution < 1.29 is 14.4 Å². The molecule has 0 radical (unpaired) electrons. The van der Waals surface area contributed by atoms with E-state index in [0.29, 0.717) is 19.4 Å². The molecule has 0 aliphatic rings. The third-order valence-corrected chi connectivity index (χ3v) is 3.96. The van der Waals surface area contributed by atoms with Crippen LogP contribution in [0.2, 0.25) is 0 Å². The molecule has 0 bridgehead atoms. The summed E-state index contributed by atoms with van der Waals surface area (Å²) in [6, 6.07) is 0. The van der Waals surface area contributed by atoms with Crippen molar-refractivity contribution in [3.05, 3.63) is 17.0 Å². The van der Waals surface area contributed by atoms with Crippen LogP contribution >= 0.6 is 0 Å². The van der Waals surface area contributed by atoms with Crippen molar-refractivity contribution >= 4 is 5.91 Å². The highest BCUT2D eigenvalue weighted by Gasteiger charge is 2.30. The van der Waals surface area contributed by atoms with Gasteiger partial charge in [0.25, 0.3) is 0 Å². The Balaban J connectivity index is 2.45. The summed E-state index contributed by atoms with van der Waals surface area (Å²) in [5, 5.41) is 16.9. The number of carbonyl (C=O) groups excluding carboxylic acids is 1. The quantitative estimate of drug-likeness (QED) is 0.810. The zero-order chi connectivity index (χ0) is 16.2. The van der Waals surface area contributed by atoms with Crippen LogP contribution in [0.3, 0.4) is 0 Å². The minimum Gasteiger partial charge on any atom is -0.392 e. The molecule has 0 fully saturated rings. The standard InChI is InChI=1S/C16H28N2O3/c1-10(2)15(20)16(5,6)9-17-14(19)8-7-13-11(3)18-21-12(13)4/h10,15,20H,7-9H2,1-6H3,(H,17,19). The van der Waals surface area contributed by atoms with Gasteiger partial charge in [0, 0.05) is 23.9 Å². The lowest BCUT2D eigenvalue weighted by molar-refractivity contribution is -0.122. The van der Waals surface area contributed by atoms with Crippen LogP contribution in [0, 0.1) is 25.2 Å². The molecule has 0 aliphatic carbocycles. The lowest BCUT2D eigenvalue weighted by atomic mass is 9.80. The summed E-state index contributed by atoms with van der Waals surface area (Å²) in [7, 11) is 0. The summed E-state index contributed by atoms with van der Waals surface area (Å²) in [4.78, 5) is 12.0. The molecule has 1 heterocycles. The highest BCUT2D eigenvalue weighted by Crippen LogP contribution is 2.25. The van der Waals surface area contributed by atoms with Gasteiger partial charge in [0.1, 0.15) is 5.76 Å². The van der Waals surface area contributed by atoms with Gasteiger partial charge >= 0.3 is 0 Å². The largest absolute Gasteiger partial charge is 0.392 e. The van der Waals surface area contributed by atoms with Crippen molar-refractivity contribution in [1.29, 1.82) is 0 Å². The molecule has 1 rings (SSSR count). The first-order valence-electron chi connectivity index (χ1n) is 7.51. The van der Waals surface area contributed by atoms with E-state index in [4.69, 9.17) is 4.52 Å². The zero-order valence-corrected chi connectivity index (χ0v) is 14.0. The maximum absolute atomic E-state index is 12.0. The number of rotatable bonds is 7. The van der Waals surface area contributed by atoms with Crippen molar-refractivity contribution in [3.8, 4) is 0 Å². The second kappa shape index (κ2) is 7.07. The number of hydrogen-bond donors (Lipinski definition) is 2. The van der Waals surface area contributed by atoms with E-state index in [1.807, 2.05) is 41.5 Å². The molecule has 0 spiro atoms. The maximum atomic E-state index is 12.0. The molecule has 0 aliphatic heterocycles. The smallest absolute Gasteiger partial charge is 0.220 e. The Morgan fingerprint density at radius 1 is 1.38 bits per heavy atom. The van der Waals surface area contributed by atoms with Crippen LogP contribution in [0.25, 0.3) is 0 Å². The third-order valence-electron chi connectivity index (χ3n) is 3.96. The Morgan fingerprint density at radius 2 is 2.00 bits per heavy atom. The van der Waals surface area contributed by atoms with E-state index in [-0.39, 0.29) is 17.2 Å². The molecule has 1 atom stereocenters. The van der Waals surface area contributed by atoms with E-state index in [1.54, 1.807) is 0 Å². The molecule has 1 amide bonds. The molecular weight excluding hydrogens is 268 g/mol. The Labute approximate surface area is 127 Å². The second-order valence-electron chi connectivity index (χ2n) is 6.76. The molecule has 21 heavy (non-hydrogen) atoms. The number of carbonyl (C=O) groups is 1. The number of aromatic nitrogens is 1. The van der Waals surface area contributed by atoms with Crippen molar-refractivity contribution in [3.63, 3.8) is 0 Å². The average molecular weight is 296 g/mol. The zero-order valence-electron chi connectivity index (χ0n) is 14.0. The van der Waals surface area contributed by atoms with Gasteiger partial charge < -0.3 is 14.9 Å². The van der Waals surface area contributed by atoms with Gasteiger partial charge in [-0.1, -0.05) is 32.9 Å². The van der Waals surface area contributed by atoms with Gasteiger partial charge in [-0.3, -0.25) is 4.79 Å². The molecule has 2 N–H and O–H groups in total. The predicted octanol–water partition coefficient (Wildman–Crippen LogP) is 2.38. The van der Waals surface area contributed by atoms with Gasteiger partial charge in [-0.25, -0.2) is 0 Å². The van der Waals surface area contributed by atoms with Gasteiger partial charge in [-0.2, -0.15) is 0 Å². The first-order chi connectivity index (χ1) is 9.65. The molecule has 0 saturated heterocycles. The van der Waals surface area contributed by atoms with Gasteiger partial charge in [0.05, 0.1) is 11.8 Å². The van der Waals surface area contributed by atoms with Gasteiger partial charge in [-0.05, 0) is 26.2 Å². The SMILES string of the molecule is Cc1noc(C)c1CCC(=O)NCC(C)(C)C(O)C(C)C. The number of amides is 1. The van der Waals surface area contributed by atoms with Crippen LogP contribution in [0.5, 0.6) is 0 Å². The van der Waals surface area contributed by atoms with E-state index in [0.717, 1.165) is 17.0 Å². The number of nitrogens with one attached hydrogen (secondary N) is 1. The van der Waals surface area contributed by atoms with Crippen LogP contribution in [0.15, 0.2) is 4.52 Å². The van der Waals surface area contributed by atoms with E-state index in [2.05, 4.69) is 10.5 Å². The monoisotopic (exact) mass is 296 g/mol. The Bertz CT molecular complexity index is 458. The van der Waals surface area contributed by atoms with Crippen LogP contribution in [-0.2, 0) is 11.2 Å². The number of aryl methyl sites for hydroxylation is 2. The molecule has 120 valence electrons. The van der Waals surface area contributed by atoms with Crippen molar-refractivity contribution in [2.45, 2.75) is 60.5 Å². The molecule has 5 nitrogen and oxygen atoms in total. The summed E-state index contributed by atoms with van der Waals surface area (Å²) in [5.74, 6) is 0.925. The highest BCUT2D eigenvalue weighted by molar-refractivity contribution is 5.76. The molecular formula is C16H28N2O3. The molecule has 1 aromatic rings. The van der Waals surface area contributed by atoms with Gasteiger partial charge in [0.15, 0.2) is 0 Å². The van der Waals surface area contributed by atoms with E-state index >= 15 is 0 Å². The van der Waals surface area contributed by atoms with Crippen LogP contribution < -0.4 is 5.32 Å². The molecule has 0 saturated carbocycles. The highest BCUT2D eigenvalue weighted by atomic mass is 16.5. The number of aliphatic hydroxyl groups is 1. The normalized spacial score (nSPS) is 13.5. The first-order valence-corrected chi connectivity index (χ1v) is 7.51. The predicted molar refractivity (Wildman–Crippen MR) is 81.9 cm³/mol. The Kier molecular flexibility index (Phi) is 5.96. The third kappa shape index (κ3) is 4.84. The molecule has 1 aromatic heterocycles. The fourth-order valence-corrected chi connectivity index (χ4v) is 2.52. The number of aliphatic hydroxyl groups excluding tert-OH is 1. The minimum absolute atomic E-state index is 0.0148.